The van der Waals surface area contributed by atoms with E-state index < -0.39 is 17.4 Å². The molecule has 11 heteroatoms. The molecule has 0 bridgehead atoms. The molecular formula is C20H19F3N4O3S. The van der Waals surface area contributed by atoms with E-state index in [9.17, 15) is 22.8 Å². The average molecular weight is 452 g/mol. The molecule has 0 saturated carbocycles. The molecule has 0 aliphatic carbocycles. The van der Waals surface area contributed by atoms with E-state index in [2.05, 4.69) is 9.88 Å². The van der Waals surface area contributed by atoms with Gasteiger partial charge in [-0.2, -0.15) is 13.2 Å². The van der Waals surface area contributed by atoms with Gasteiger partial charge < -0.3 is 14.5 Å². The topological polar surface area (TPSA) is 66.0 Å². The summed E-state index contributed by atoms with van der Waals surface area (Å²) in [5.41, 5.74) is -2.41. The highest BCUT2D eigenvalue weighted by atomic mass is 32.2. The summed E-state index contributed by atoms with van der Waals surface area (Å²) in [6, 6.07) is 6.49. The molecule has 0 spiro atoms. The minimum Gasteiger partial charge on any atom is -0.378 e. The van der Waals surface area contributed by atoms with Crippen LogP contribution < -0.4 is 9.80 Å². The van der Waals surface area contributed by atoms with Gasteiger partial charge in [0, 0.05) is 24.2 Å². The molecule has 1 aromatic carbocycles. The van der Waals surface area contributed by atoms with Crippen LogP contribution in [-0.4, -0.2) is 60.2 Å². The molecule has 0 N–H and O–H groups in total. The Morgan fingerprint density at radius 1 is 1.06 bits per heavy atom. The van der Waals surface area contributed by atoms with Crippen LogP contribution in [-0.2, 0) is 16.1 Å². The number of carbonyl (C=O) groups is 2. The minimum atomic E-state index is -4.40. The Bertz CT molecular complexity index is 965. The van der Waals surface area contributed by atoms with Gasteiger partial charge in [0.05, 0.1) is 37.3 Å². The first-order valence-corrected chi connectivity index (χ1v) is 10.4. The number of aromatic nitrogens is 1. The van der Waals surface area contributed by atoms with Crippen LogP contribution in [0, 0.1) is 0 Å². The maximum atomic E-state index is 12.9. The number of thioether (sulfide) groups is 1. The number of pyridine rings is 1. The van der Waals surface area contributed by atoms with Gasteiger partial charge >= 0.3 is 11.5 Å². The van der Waals surface area contributed by atoms with E-state index in [4.69, 9.17) is 4.74 Å². The predicted molar refractivity (Wildman–Crippen MR) is 109 cm³/mol. The minimum absolute atomic E-state index is 0.0147. The number of hydrogen-bond donors (Lipinski definition) is 0. The second-order valence-corrected chi connectivity index (χ2v) is 8.15. The summed E-state index contributed by atoms with van der Waals surface area (Å²) >= 11 is -0.247. The quantitative estimate of drug-likeness (QED) is 0.511. The van der Waals surface area contributed by atoms with Crippen molar-refractivity contribution in [3.63, 3.8) is 0 Å². The first kappa shape index (κ1) is 21.4. The average Bonchev–Trinajstić information content (AvgIpc) is 3.02. The molecule has 3 heterocycles. The zero-order valence-corrected chi connectivity index (χ0v) is 17.2. The third kappa shape index (κ3) is 4.93. The van der Waals surface area contributed by atoms with Crippen LogP contribution in [0.25, 0.3) is 0 Å². The lowest BCUT2D eigenvalue weighted by atomic mass is 10.2. The summed E-state index contributed by atoms with van der Waals surface area (Å²) in [5.74, 6) is -0.428. The number of nitrogens with zero attached hydrogens (tertiary/aromatic N) is 4. The lowest BCUT2D eigenvalue weighted by Crippen LogP contribution is -2.37. The van der Waals surface area contributed by atoms with E-state index >= 15 is 0 Å². The molecule has 2 fully saturated rings. The van der Waals surface area contributed by atoms with Crippen LogP contribution in [0.5, 0.6) is 0 Å². The fourth-order valence-electron chi connectivity index (χ4n) is 3.57. The van der Waals surface area contributed by atoms with Gasteiger partial charge in [-0.15, -0.1) is 0 Å². The molecule has 2 aliphatic heterocycles. The molecule has 7 nitrogen and oxygen atoms in total. The van der Waals surface area contributed by atoms with Crippen molar-refractivity contribution in [3.8, 4) is 0 Å². The molecule has 1 aromatic heterocycles. The van der Waals surface area contributed by atoms with Crippen molar-refractivity contribution in [1.29, 1.82) is 0 Å². The van der Waals surface area contributed by atoms with Crippen molar-refractivity contribution in [2.45, 2.75) is 16.9 Å². The number of urea groups is 1. The summed E-state index contributed by atoms with van der Waals surface area (Å²) in [6.45, 7) is 2.73. The maximum Gasteiger partial charge on any atom is 0.446 e. The highest BCUT2D eigenvalue weighted by Crippen LogP contribution is 2.37. The number of hydrogen-bond acceptors (Lipinski definition) is 6. The van der Waals surface area contributed by atoms with Crippen LogP contribution in [0.15, 0.2) is 47.6 Å². The van der Waals surface area contributed by atoms with Crippen molar-refractivity contribution < 1.29 is 27.5 Å². The summed E-state index contributed by atoms with van der Waals surface area (Å²) in [6.07, 6.45) is 3.37. The van der Waals surface area contributed by atoms with E-state index in [-0.39, 0.29) is 35.4 Å². The third-order valence-corrected chi connectivity index (χ3v) is 5.71. The number of ether oxygens (including phenoxy) is 1. The van der Waals surface area contributed by atoms with Gasteiger partial charge in [0.25, 0.3) is 5.91 Å². The van der Waals surface area contributed by atoms with Crippen LogP contribution in [0.1, 0.15) is 5.56 Å². The Kier molecular flexibility index (Phi) is 6.05. The third-order valence-electron chi connectivity index (χ3n) is 4.97. The molecule has 0 atom stereocenters. The molecule has 2 aromatic rings. The summed E-state index contributed by atoms with van der Waals surface area (Å²) in [4.78, 5) is 34.2. The number of imide groups is 1. The maximum absolute atomic E-state index is 12.9. The monoisotopic (exact) mass is 452 g/mol. The van der Waals surface area contributed by atoms with E-state index in [1.807, 2.05) is 6.07 Å². The first-order chi connectivity index (χ1) is 14.8. The molecule has 164 valence electrons. The predicted octanol–water partition coefficient (Wildman–Crippen LogP) is 3.50. The SMILES string of the molecule is O=C1CN(Cc2ccncc2N2CCOCC2)C(=O)N1c1ccc(SC(F)(F)F)cc1. The van der Waals surface area contributed by atoms with Gasteiger partial charge in [0.15, 0.2) is 0 Å². The summed E-state index contributed by atoms with van der Waals surface area (Å²) in [5, 5.41) is 0. The van der Waals surface area contributed by atoms with Crippen LogP contribution >= 0.6 is 11.8 Å². The van der Waals surface area contributed by atoms with E-state index in [0.29, 0.717) is 26.3 Å². The molecule has 4 rings (SSSR count). The molecule has 2 saturated heterocycles. The second-order valence-electron chi connectivity index (χ2n) is 7.01. The van der Waals surface area contributed by atoms with Crippen LogP contribution in [0.3, 0.4) is 0 Å². The summed E-state index contributed by atoms with van der Waals surface area (Å²) in [7, 11) is 0. The fraction of sp³-hybridized carbons (Fsp3) is 0.350. The van der Waals surface area contributed by atoms with E-state index in [1.165, 1.54) is 29.2 Å². The van der Waals surface area contributed by atoms with Crippen molar-refractivity contribution in [1.82, 2.24) is 9.88 Å². The van der Waals surface area contributed by atoms with Gasteiger partial charge in [-0.25, -0.2) is 9.69 Å². The number of anilines is 2. The number of amides is 3. The van der Waals surface area contributed by atoms with Gasteiger partial charge in [0.1, 0.15) is 6.54 Å². The zero-order chi connectivity index (χ0) is 22.0. The number of alkyl halides is 3. The first-order valence-electron chi connectivity index (χ1n) is 9.55. The standard InChI is InChI=1S/C20H19F3N4O3S/c21-20(22,23)31-16-3-1-15(2-4-16)27-18(28)13-26(19(27)29)12-14-5-6-24-11-17(14)25-7-9-30-10-8-25/h1-6,11H,7-10,12-13H2. The molecular weight excluding hydrogens is 433 g/mol. The number of halogens is 3. The highest BCUT2D eigenvalue weighted by Gasteiger charge is 2.37. The Hall–Kier alpha value is -2.79. The van der Waals surface area contributed by atoms with Crippen LogP contribution in [0.4, 0.5) is 29.3 Å². The normalized spacial score (nSPS) is 17.6. The Balaban J connectivity index is 1.49. The van der Waals surface area contributed by atoms with Gasteiger partial charge in [-0.05, 0) is 47.7 Å². The zero-order valence-electron chi connectivity index (χ0n) is 16.3. The number of morpholine rings is 1. The molecule has 3 amide bonds. The van der Waals surface area contributed by atoms with Crippen LogP contribution in [0.2, 0.25) is 0 Å². The highest BCUT2D eigenvalue weighted by molar-refractivity contribution is 8.00. The number of rotatable bonds is 5. The molecule has 0 radical (unpaired) electrons. The molecule has 0 unspecified atom stereocenters. The lowest BCUT2D eigenvalue weighted by Gasteiger charge is -2.31. The Morgan fingerprint density at radius 2 is 1.77 bits per heavy atom. The number of carbonyl (C=O) groups excluding carboxylic acids is 2. The van der Waals surface area contributed by atoms with Gasteiger partial charge in [-0.3, -0.25) is 9.78 Å². The molecule has 2 aliphatic rings. The fourth-order valence-corrected chi connectivity index (χ4v) is 4.11. The smallest absolute Gasteiger partial charge is 0.378 e. The van der Waals surface area contributed by atoms with Crippen molar-refractivity contribution >= 4 is 35.1 Å². The van der Waals surface area contributed by atoms with Crippen molar-refractivity contribution in [2.24, 2.45) is 0 Å². The van der Waals surface area contributed by atoms with E-state index in [1.54, 1.807) is 12.4 Å². The second kappa shape index (κ2) is 8.75. The Morgan fingerprint density at radius 3 is 2.45 bits per heavy atom. The van der Waals surface area contributed by atoms with Crippen molar-refractivity contribution in [2.75, 3.05) is 42.6 Å². The molecule has 31 heavy (non-hydrogen) atoms. The lowest BCUT2D eigenvalue weighted by molar-refractivity contribution is -0.116. The number of benzene rings is 1. The largest absolute Gasteiger partial charge is 0.446 e. The Labute approximate surface area is 180 Å². The summed E-state index contributed by atoms with van der Waals surface area (Å²) < 4.78 is 42.9. The van der Waals surface area contributed by atoms with Crippen molar-refractivity contribution in [3.05, 3.63) is 48.3 Å². The van der Waals surface area contributed by atoms with Gasteiger partial charge in [-0.1, -0.05) is 0 Å². The van der Waals surface area contributed by atoms with Gasteiger partial charge in [0.2, 0.25) is 0 Å². The van der Waals surface area contributed by atoms with E-state index in [0.717, 1.165) is 16.2 Å².